The summed E-state index contributed by atoms with van der Waals surface area (Å²) < 4.78 is 40.2. The van der Waals surface area contributed by atoms with E-state index in [1.807, 2.05) is 13.0 Å². The lowest BCUT2D eigenvalue weighted by atomic mass is 9.98. The summed E-state index contributed by atoms with van der Waals surface area (Å²) in [4.78, 5) is 24.1. The van der Waals surface area contributed by atoms with E-state index in [-0.39, 0.29) is 29.3 Å². The minimum atomic E-state index is -3.80. The van der Waals surface area contributed by atoms with Crippen LogP contribution >= 0.6 is 0 Å². The molecule has 1 aliphatic heterocycles. The lowest BCUT2D eigenvalue weighted by molar-refractivity contribution is -0.126. The molecule has 9 heteroatoms. The number of anilines is 1. The van der Waals surface area contributed by atoms with Crippen LogP contribution in [0.2, 0.25) is 0 Å². The molecule has 1 aliphatic rings. The van der Waals surface area contributed by atoms with Crippen LogP contribution in [0.5, 0.6) is 0 Å². The van der Waals surface area contributed by atoms with Crippen LogP contribution in [0.25, 0.3) is 0 Å². The summed E-state index contributed by atoms with van der Waals surface area (Å²) in [6.07, 6.45) is 1.14. The van der Waals surface area contributed by atoms with E-state index in [1.165, 1.54) is 23.4 Å². The number of hydrogen-bond donors (Lipinski definition) is 2. The van der Waals surface area contributed by atoms with Crippen molar-refractivity contribution >= 4 is 27.5 Å². The molecule has 1 heterocycles. The van der Waals surface area contributed by atoms with E-state index in [0.717, 1.165) is 17.7 Å². The molecule has 3 rings (SSSR count). The van der Waals surface area contributed by atoms with E-state index >= 15 is 0 Å². The first-order valence-corrected chi connectivity index (χ1v) is 11.5. The zero-order valence-electron chi connectivity index (χ0n) is 17.5. The molecular weight excluding hydrogens is 421 g/mol. The fraction of sp³-hybridized carbons (Fsp3) is 0.364. The monoisotopic (exact) mass is 447 g/mol. The lowest BCUT2D eigenvalue weighted by Gasteiger charge is -2.32. The molecule has 0 saturated carbocycles. The number of nitrogens with zero attached hydrogens (tertiary/aromatic N) is 1. The Morgan fingerprint density at radius 2 is 1.87 bits per heavy atom. The Balaban J connectivity index is 1.67. The van der Waals surface area contributed by atoms with Crippen molar-refractivity contribution in [3.63, 3.8) is 0 Å². The highest BCUT2D eigenvalue weighted by molar-refractivity contribution is 7.89. The molecule has 0 aromatic heterocycles. The summed E-state index contributed by atoms with van der Waals surface area (Å²) >= 11 is 0. The predicted octanol–water partition coefficient (Wildman–Crippen LogP) is 3.06. The molecule has 0 bridgehead atoms. The summed E-state index contributed by atoms with van der Waals surface area (Å²) in [7, 11) is -3.80. The van der Waals surface area contributed by atoms with E-state index in [9.17, 15) is 22.4 Å². The number of rotatable bonds is 6. The maximum absolute atomic E-state index is 13.2. The van der Waals surface area contributed by atoms with Gasteiger partial charge in [-0.05, 0) is 61.7 Å². The number of carbonyl (C=O) groups excluding carboxylic acids is 2. The smallest absolute Gasteiger partial charge is 0.243 e. The van der Waals surface area contributed by atoms with E-state index in [0.29, 0.717) is 25.1 Å². The molecule has 166 valence electrons. The lowest BCUT2D eigenvalue weighted by Crippen LogP contribution is -2.45. The highest BCUT2D eigenvalue weighted by Gasteiger charge is 2.33. The van der Waals surface area contributed by atoms with E-state index in [4.69, 9.17) is 0 Å². The highest BCUT2D eigenvalue weighted by Crippen LogP contribution is 2.25. The molecule has 1 saturated heterocycles. The Morgan fingerprint density at radius 3 is 2.55 bits per heavy atom. The SMILES string of the molecule is CC(=O)Nc1cccc([C@H](C)NC(=O)[C@@H]2CCCN(S(=O)(=O)c3ccc(F)cc3)C2)c1. The van der Waals surface area contributed by atoms with Crippen molar-refractivity contribution in [2.45, 2.75) is 37.6 Å². The van der Waals surface area contributed by atoms with Gasteiger partial charge in [0, 0.05) is 25.7 Å². The van der Waals surface area contributed by atoms with Gasteiger partial charge in [0.25, 0.3) is 0 Å². The summed E-state index contributed by atoms with van der Waals surface area (Å²) in [6, 6.07) is 11.6. The van der Waals surface area contributed by atoms with Gasteiger partial charge in [-0.1, -0.05) is 12.1 Å². The molecule has 7 nitrogen and oxygen atoms in total. The maximum Gasteiger partial charge on any atom is 0.243 e. The second-order valence-electron chi connectivity index (χ2n) is 7.69. The van der Waals surface area contributed by atoms with Crippen LogP contribution in [0.15, 0.2) is 53.4 Å². The van der Waals surface area contributed by atoms with Crippen molar-refractivity contribution in [2.75, 3.05) is 18.4 Å². The number of halogens is 1. The molecule has 2 amide bonds. The van der Waals surface area contributed by atoms with Crippen molar-refractivity contribution in [1.82, 2.24) is 9.62 Å². The standard InChI is InChI=1S/C22H26FN3O4S/c1-15(17-5-3-7-20(13-17)25-16(2)27)24-22(28)18-6-4-12-26(14-18)31(29,30)21-10-8-19(23)9-11-21/h3,5,7-11,13,15,18H,4,6,12,14H2,1-2H3,(H,24,28)(H,25,27)/t15-,18+/m0/s1. The van der Waals surface area contributed by atoms with Crippen LogP contribution in [0.3, 0.4) is 0 Å². The van der Waals surface area contributed by atoms with Crippen molar-refractivity contribution in [2.24, 2.45) is 5.92 Å². The van der Waals surface area contributed by atoms with E-state index in [2.05, 4.69) is 10.6 Å². The molecule has 31 heavy (non-hydrogen) atoms. The Morgan fingerprint density at radius 1 is 1.16 bits per heavy atom. The molecule has 0 unspecified atom stereocenters. The minimum absolute atomic E-state index is 0.0121. The first-order chi connectivity index (χ1) is 14.7. The van der Waals surface area contributed by atoms with Gasteiger partial charge in [0.15, 0.2) is 0 Å². The number of sulfonamides is 1. The summed E-state index contributed by atoms with van der Waals surface area (Å²) in [5.74, 6) is -1.40. The second-order valence-corrected chi connectivity index (χ2v) is 9.63. The number of carbonyl (C=O) groups is 2. The number of hydrogen-bond acceptors (Lipinski definition) is 4. The van der Waals surface area contributed by atoms with Gasteiger partial charge in [-0.25, -0.2) is 12.8 Å². The minimum Gasteiger partial charge on any atom is -0.349 e. The number of benzene rings is 2. The van der Waals surface area contributed by atoms with Crippen LogP contribution in [0.4, 0.5) is 10.1 Å². The number of amides is 2. The van der Waals surface area contributed by atoms with Crippen LogP contribution in [-0.2, 0) is 19.6 Å². The fourth-order valence-corrected chi connectivity index (χ4v) is 5.16. The summed E-state index contributed by atoms with van der Waals surface area (Å²) in [6.45, 7) is 3.65. The first kappa shape index (κ1) is 22.9. The quantitative estimate of drug-likeness (QED) is 0.712. The molecule has 0 radical (unpaired) electrons. The molecule has 2 aromatic rings. The molecule has 1 fully saturated rings. The average molecular weight is 448 g/mol. The third-order valence-electron chi connectivity index (χ3n) is 5.27. The molecular formula is C22H26FN3O4S. The first-order valence-electron chi connectivity index (χ1n) is 10.1. The third-order valence-corrected chi connectivity index (χ3v) is 7.15. The molecule has 0 spiro atoms. The van der Waals surface area contributed by atoms with Gasteiger partial charge >= 0.3 is 0 Å². The average Bonchev–Trinajstić information content (AvgIpc) is 2.74. The van der Waals surface area contributed by atoms with Gasteiger partial charge in [-0.3, -0.25) is 9.59 Å². The van der Waals surface area contributed by atoms with Crippen molar-refractivity contribution in [3.8, 4) is 0 Å². The molecule has 0 aliphatic carbocycles. The Kier molecular flexibility index (Phi) is 7.07. The normalized spacial score (nSPS) is 18.2. The number of piperidine rings is 1. The van der Waals surface area contributed by atoms with Gasteiger partial charge in [-0.2, -0.15) is 4.31 Å². The van der Waals surface area contributed by atoms with Crippen LogP contribution in [0.1, 0.15) is 38.3 Å². The van der Waals surface area contributed by atoms with Crippen LogP contribution in [0, 0.1) is 11.7 Å². The van der Waals surface area contributed by atoms with Gasteiger partial charge in [-0.15, -0.1) is 0 Å². The van der Waals surface area contributed by atoms with Crippen LogP contribution in [-0.4, -0.2) is 37.6 Å². The summed E-state index contributed by atoms with van der Waals surface area (Å²) in [5, 5.41) is 5.65. The fourth-order valence-electron chi connectivity index (χ4n) is 3.63. The van der Waals surface area contributed by atoms with Crippen molar-refractivity contribution in [3.05, 3.63) is 59.9 Å². The van der Waals surface area contributed by atoms with Gasteiger partial charge < -0.3 is 10.6 Å². The second kappa shape index (κ2) is 9.57. The van der Waals surface area contributed by atoms with Crippen molar-refractivity contribution < 1.29 is 22.4 Å². The maximum atomic E-state index is 13.2. The molecule has 2 aromatic carbocycles. The third kappa shape index (κ3) is 5.68. The van der Waals surface area contributed by atoms with Gasteiger partial charge in [0.05, 0.1) is 16.9 Å². The molecule has 2 N–H and O–H groups in total. The van der Waals surface area contributed by atoms with Crippen molar-refractivity contribution in [1.29, 1.82) is 0 Å². The zero-order valence-corrected chi connectivity index (χ0v) is 18.3. The Bertz CT molecular complexity index is 1060. The summed E-state index contributed by atoms with van der Waals surface area (Å²) in [5.41, 5.74) is 1.46. The van der Waals surface area contributed by atoms with Gasteiger partial charge in [0.2, 0.25) is 21.8 Å². The topological polar surface area (TPSA) is 95.6 Å². The predicted molar refractivity (Wildman–Crippen MR) is 115 cm³/mol. The molecule has 2 atom stereocenters. The van der Waals surface area contributed by atoms with Crippen LogP contribution < -0.4 is 10.6 Å². The highest BCUT2D eigenvalue weighted by atomic mass is 32.2. The Hall–Kier alpha value is -2.78. The largest absolute Gasteiger partial charge is 0.349 e. The van der Waals surface area contributed by atoms with Gasteiger partial charge in [0.1, 0.15) is 5.82 Å². The Labute approximate surface area is 181 Å². The number of nitrogens with one attached hydrogen (secondary N) is 2. The zero-order chi connectivity index (χ0) is 22.6. The van der Waals surface area contributed by atoms with E-state index < -0.39 is 21.8 Å². The van der Waals surface area contributed by atoms with E-state index in [1.54, 1.807) is 18.2 Å².